The number of hydrogen-bond acceptors (Lipinski definition) is 8. The second kappa shape index (κ2) is 6.97. The number of piperidine rings is 1. The molecule has 0 bridgehead atoms. The van der Waals surface area contributed by atoms with Gasteiger partial charge in [-0.1, -0.05) is 18.3 Å². The number of aliphatic hydroxyl groups is 2. The summed E-state index contributed by atoms with van der Waals surface area (Å²) in [5.74, 6) is 0. The van der Waals surface area contributed by atoms with Crippen molar-refractivity contribution in [3.63, 3.8) is 0 Å². The van der Waals surface area contributed by atoms with Crippen molar-refractivity contribution in [3.05, 3.63) is 27.1 Å². The number of fused-ring (bicyclic) bond motifs is 1. The fraction of sp³-hybridized carbons (Fsp3) is 0.706. The van der Waals surface area contributed by atoms with Gasteiger partial charge in [-0.05, 0) is 19.3 Å². The topological polar surface area (TPSA) is 100 Å². The molecular formula is C17H24N4O4S. The number of aryl methyl sites for hydroxylation is 1. The van der Waals surface area contributed by atoms with Crippen LogP contribution in [0.25, 0.3) is 4.96 Å². The molecule has 2 aromatic rings. The quantitative estimate of drug-likeness (QED) is 0.784. The molecule has 2 fully saturated rings. The first kappa shape index (κ1) is 18.0. The van der Waals surface area contributed by atoms with E-state index in [0.29, 0.717) is 17.9 Å². The molecule has 2 atom stereocenters. The first-order valence-electron chi connectivity index (χ1n) is 9.09. The van der Waals surface area contributed by atoms with Gasteiger partial charge in [-0.25, -0.2) is 4.98 Å². The Morgan fingerprint density at radius 2 is 2.12 bits per heavy atom. The van der Waals surface area contributed by atoms with E-state index in [9.17, 15) is 15.0 Å². The summed E-state index contributed by atoms with van der Waals surface area (Å²) in [5.41, 5.74) is 0.291. The fourth-order valence-electron chi connectivity index (χ4n) is 3.77. The van der Waals surface area contributed by atoms with Crippen molar-refractivity contribution < 1.29 is 14.9 Å². The lowest BCUT2D eigenvalue weighted by Crippen LogP contribution is -2.54. The predicted octanol–water partition coefficient (Wildman–Crippen LogP) is 0.190. The Balaban J connectivity index is 1.43. The van der Waals surface area contributed by atoms with Crippen LogP contribution in [-0.2, 0) is 17.7 Å². The van der Waals surface area contributed by atoms with Crippen molar-refractivity contribution in [1.29, 1.82) is 0 Å². The highest BCUT2D eigenvalue weighted by atomic mass is 32.1. The van der Waals surface area contributed by atoms with Crippen LogP contribution in [0.1, 0.15) is 36.9 Å². The average Bonchev–Trinajstić information content (AvgIpc) is 3.05. The first-order valence-corrected chi connectivity index (χ1v) is 9.91. The zero-order chi connectivity index (χ0) is 18.3. The molecule has 0 unspecified atom stereocenters. The molecule has 2 aromatic heterocycles. The molecule has 0 aromatic carbocycles. The van der Waals surface area contributed by atoms with Gasteiger partial charge in [-0.2, -0.15) is 9.61 Å². The summed E-state index contributed by atoms with van der Waals surface area (Å²) in [5, 5.41) is 24.8. The molecule has 2 aliphatic rings. The summed E-state index contributed by atoms with van der Waals surface area (Å²) in [4.78, 5) is 19.8. The lowest BCUT2D eigenvalue weighted by atomic mass is 9.82. The van der Waals surface area contributed by atoms with Gasteiger partial charge in [0.05, 0.1) is 24.0 Å². The van der Waals surface area contributed by atoms with Crippen LogP contribution in [0.3, 0.4) is 0 Å². The van der Waals surface area contributed by atoms with Crippen molar-refractivity contribution in [1.82, 2.24) is 19.5 Å². The molecule has 4 rings (SSSR count). The molecule has 0 radical (unpaired) electrons. The normalized spacial score (nSPS) is 26.6. The predicted molar refractivity (Wildman–Crippen MR) is 96.3 cm³/mol. The highest BCUT2D eigenvalue weighted by molar-refractivity contribution is 7.16. The van der Waals surface area contributed by atoms with Crippen LogP contribution in [0.5, 0.6) is 0 Å². The van der Waals surface area contributed by atoms with Gasteiger partial charge >= 0.3 is 0 Å². The van der Waals surface area contributed by atoms with Gasteiger partial charge in [-0.15, -0.1) is 0 Å². The van der Waals surface area contributed by atoms with E-state index >= 15 is 0 Å². The van der Waals surface area contributed by atoms with Crippen LogP contribution in [-0.4, -0.2) is 67.2 Å². The Hall–Kier alpha value is -1.39. The van der Waals surface area contributed by atoms with Gasteiger partial charge in [0, 0.05) is 32.1 Å². The maximum Gasteiger partial charge on any atom is 0.275 e. The Kier molecular flexibility index (Phi) is 4.83. The molecule has 4 heterocycles. The molecule has 2 N–H and O–H groups in total. The molecule has 142 valence electrons. The van der Waals surface area contributed by atoms with Crippen molar-refractivity contribution >= 4 is 16.3 Å². The van der Waals surface area contributed by atoms with Crippen molar-refractivity contribution in [2.45, 2.75) is 57.0 Å². The molecule has 2 aliphatic heterocycles. The number of likely N-dealkylation sites (tertiary alicyclic amines) is 1. The summed E-state index contributed by atoms with van der Waals surface area (Å²) < 4.78 is 7.24. The van der Waals surface area contributed by atoms with Crippen molar-refractivity contribution in [2.75, 3.05) is 19.7 Å². The molecule has 0 amide bonds. The SMILES string of the molecule is CCc1nn2c(=O)cc(CN3CCC4(CC3)C[C@@H](O)[C@@H](O)CO4)nc2s1. The van der Waals surface area contributed by atoms with E-state index < -0.39 is 12.2 Å². The van der Waals surface area contributed by atoms with E-state index in [1.165, 1.54) is 15.9 Å². The molecule has 2 saturated heterocycles. The van der Waals surface area contributed by atoms with Crippen molar-refractivity contribution in [2.24, 2.45) is 0 Å². The standard InChI is InChI=1S/C17H24N4O4S/c1-2-14-19-21-15(24)7-11(18-16(21)26-14)9-20-5-3-17(4-6-20)8-12(22)13(23)10-25-17/h7,12-13,22-23H,2-6,8-10H2,1H3/t12-,13+/m1/s1. The molecule has 1 spiro atoms. The molecule has 9 heteroatoms. The second-order valence-electron chi connectivity index (χ2n) is 7.24. The van der Waals surface area contributed by atoms with Gasteiger partial charge in [0.2, 0.25) is 4.96 Å². The highest BCUT2D eigenvalue weighted by Gasteiger charge is 2.42. The number of aliphatic hydroxyl groups excluding tert-OH is 2. The maximum absolute atomic E-state index is 12.3. The van der Waals surface area contributed by atoms with E-state index in [2.05, 4.69) is 15.0 Å². The van der Waals surface area contributed by atoms with Gasteiger partial charge in [-0.3, -0.25) is 9.69 Å². The maximum atomic E-state index is 12.3. The van der Waals surface area contributed by atoms with Crippen LogP contribution in [0.15, 0.2) is 10.9 Å². The monoisotopic (exact) mass is 380 g/mol. The molecule has 8 nitrogen and oxygen atoms in total. The number of rotatable bonds is 3. The average molecular weight is 380 g/mol. The van der Waals surface area contributed by atoms with E-state index in [-0.39, 0.29) is 17.8 Å². The Bertz CT molecular complexity index is 843. The van der Waals surface area contributed by atoms with E-state index in [4.69, 9.17) is 4.74 Å². The Morgan fingerprint density at radius 3 is 2.81 bits per heavy atom. The van der Waals surface area contributed by atoms with Gasteiger partial charge < -0.3 is 14.9 Å². The minimum atomic E-state index is -0.782. The molecule has 26 heavy (non-hydrogen) atoms. The van der Waals surface area contributed by atoms with Crippen LogP contribution in [0.4, 0.5) is 0 Å². The minimum Gasteiger partial charge on any atom is -0.390 e. The van der Waals surface area contributed by atoms with Crippen LogP contribution < -0.4 is 5.56 Å². The smallest absolute Gasteiger partial charge is 0.275 e. The van der Waals surface area contributed by atoms with Gasteiger partial charge in [0.1, 0.15) is 11.1 Å². The zero-order valence-electron chi connectivity index (χ0n) is 14.8. The van der Waals surface area contributed by atoms with Crippen LogP contribution in [0.2, 0.25) is 0 Å². The highest BCUT2D eigenvalue weighted by Crippen LogP contribution is 2.35. The third kappa shape index (κ3) is 3.41. The Labute approximate surface area is 155 Å². The summed E-state index contributed by atoms with van der Waals surface area (Å²) in [6.07, 6.45) is 1.39. The number of nitrogens with zero attached hydrogens (tertiary/aromatic N) is 4. The van der Waals surface area contributed by atoms with E-state index in [1.807, 2.05) is 6.92 Å². The second-order valence-corrected chi connectivity index (χ2v) is 8.28. The lowest BCUT2D eigenvalue weighted by molar-refractivity contribution is -0.188. The summed E-state index contributed by atoms with van der Waals surface area (Å²) >= 11 is 1.46. The number of ether oxygens (including phenoxy) is 1. The van der Waals surface area contributed by atoms with E-state index in [0.717, 1.165) is 43.1 Å². The Morgan fingerprint density at radius 1 is 1.35 bits per heavy atom. The minimum absolute atomic E-state index is 0.137. The number of aromatic nitrogens is 3. The van der Waals surface area contributed by atoms with E-state index in [1.54, 1.807) is 6.07 Å². The number of hydrogen-bond donors (Lipinski definition) is 2. The summed E-state index contributed by atoms with van der Waals surface area (Å²) in [7, 11) is 0. The summed E-state index contributed by atoms with van der Waals surface area (Å²) in [6, 6.07) is 1.56. The molecule has 0 aliphatic carbocycles. The largest absolute Gasteiger partial charge is 0.390 e. The first-order chi connectivity index (χ1) is 12.5. The molecular weight excluding hydrogens is 356 g/mol. The zero-order valence-corrected chi connectivity index (χ0v) is 15.6. The van der Waals surface area contributed by atoms with Crippen molar-refractivity contribution in [3.8, 4) is 0 Å². The fourth-order valence-corrected chi connectivity index (χ4v) is 4.62. The summed E-state index contributed by atoms with van der Waals surface area (Å²) in [6.45, 7) is 4.45. The lowest BCUT2D eigenvalue weighted by Gasteiger charge is -2.46. The molecule has 0 saturated carbocycles. The van der Waals surface area contributed by atoms with Gasteiger partial charge in [0.15, 0.2) is 0 Å². The van der Waals surface area contributed by atoms with Crippen LogP contribution >= 0.6 is 11.3 Å². The third-order valence-corrected chi connectivity index (χ3v) is 6.43. The van der Waals surface area contributed by atoms with Crippen LogP contribution in [0, 0.1) is 0 Å². The van der Waals surface area contributed by atoms with Gasteiger partial charge in [0.25, 0.3) is 5.56 Å². The third-order valence-electron chi connectivity index (χ3n) is 5.38.